The molecule has 4 aliphatic heterocycles. The highest BCUT2D eigenvalue weighted by atomic mass is 16.6. The third-order valence-electron chi connectivity index (χ3n) is 13.1. The van der Waals surface area contributed by atoms with Gasteiger partial charge in [-0.15, -0.1) is 0 Å². The van der Waals surface area contributed by atoms with E-state index < -0.39 is 22.4 Å². The summed E-state index contributed by atoms with van der Waals surface area (Å²) in [6.07, 6.45) is 9.38. The molecule has 34 heavy (non-hydrogen) atoms. The molecule has 4 saturated carbocycles. The minimum atomic E-state index is -0.730. The quantitative estimate of drug-likeness (QED) is 0.562. The van der Waals surface area contributed by atoms with E-state index in [1.807, 2.05) is 13.8 Å². The summed E-state index contributed by atoms with van der Waals surface area (Å²) in [4.78, 5) is 24.3. The Hall–Kier alpha value is -0.820. The Labute approximate surface area is 202 Å². The summed E-state index contributed by atoms with van der Waals surface area (Å²) in [6.45, 7) is 8.07. The van der Waals surface area contributed by atoms with Crippen LogP contribution in [0.1, 0.15) is 91.9 Å². The van der Waals surface area contributed by atoms with Gasteiger partial charge < -0.3 is 19.7 Å². The predicted octanol–water partition coefficient (Wildman–Crippen LogP) is 3.35. The van der Waals surface area contributed by atoms with Gasteiger partial charge in [0.15, 0.2) is 0 Å². The average molecular weight is 473 g/mol. The lowest BCUT2D eigenvalue weighted by Crippen LogP contribution is -2.66. The Bertz CT molecular complexity index is 897. The van der Waals surface area contributed by atoms with E-state index in [1.54, 1.807) is 0 Å². The van der Waals surface area contributed by atoms with Gasteiger partial charge in [-0.2, -0.15) is 0 Å². The molecule has 8 rings (SSSR count). The van der Waals surface area contributed by atoms with Crippen LogP contribution in [0.4, 0.5) is 0 Å². The van der Waals surface area contributed by atoms with Gasteiger partial charge in [0.25, 0.3) is 0 Å². The highest BCUT2D eigenvalue weighted by molar-refractivity contribution is 5.86. The Morgan fingerprint density at radius 2 is 1.03 bits per heavy atom. The molecule has 2 spiro atoms. The van der Waals surface area contributed by atoms with Crippen LogP contribution in [-0.2, 0) is 19.1 Å². The van der Waals surface area contributed by atoms with E-state index in [2.05, 4.69) is 13.8 Å². The zero-order valence-electron chi connectivity index (χ0n) is 21.1. The Morgan fingerprint density at radius 1 is 0.676 bits per heavy atom. The lowest BCUT2D eigenvalue weighted by Gasteiger charge is -2.58. The molecule has 6 nitrogen and oxygen atoms in total. The molecule has 8 aliphatic rings. The predicted molar refractivity (Wildman–Crippen MR) is 123 cm³/mol. The smallest absolute Gasteiger partial charge is 0.139 e. The fourth-order valence-corrected chi connectivity index (χ4v) is 11.2. The maximum Gasteiger partial charge on any atom is 0.139 e. The van der Waals surface area contributed by atoms with Crippen LogP contribution in [0, 0.1) is 34.5 Å². The van der Waals surface area contributed by atoms with E-state index in [0.29, 0.717) is 24.4 Å². The summed E-state index contributed by atoms with van der Waals surface area (Å²) < 4.78 is 12.4. The van der Waals surface area contributed by atoms with Crippen molar-refractivity contribution in [2.24, 2.45) is 34.5 Å². The van der Waals surface area contributed by atoms with Gasteiger partial charge in [0.05, 0.1) is 46.4 Å². The van der Waals surface area contributed by atoms with E-state index in [9.17, 15) is 19.8 Å². The molecule has 8 fully saturated rings. The molecule has 188 valence electrons. The third kappa shape index (κ3) is 2.00. The second-order valence-corrected chi connectivity index (χ2v) is 13.8. The molecular weight excluding hydrogens is 432 g/mol. The topological polar surface area (TPSA) is 93.1 Å². The molecule has 6 heteroatoms. The molecule has 4 bridgehead atoms. The lowest BCUT2D eigenvalue weighted by molar-refractivity contribution is -0.174. The maximum absolute atomic E-state index is 12.1. The van der Waals surface area contributed by atoms with Gasteiger partial charge >= 0.3 is 0 Å². The van der Waals surface area contributed by atoms with Gasteiger partial charge in [-0.3, -0.25) is 9.59 Å². The molecular formula is C28H40O6. The Morgan fingerprint density at radius 3 is 1.32 bits per heavy atom. The monoisotopic (exact) mass is 472 g/mol. The highest BCUT2D eigenvalue weighted by Crippen LogP contribution is 2.75. The van der Waals surface area contributed by atoms with Crippen molar-refractivity contribution in [3.8, 4) is 0 Å². The first-order valence-corrected chi connectivity index (χ1v) is 13.7. The van der Waals surface area contributed by atoms with E-state index in [0.717, 1.165) is 51.4 Å². The zero-order chi connectivity index (χ0) is 24.1. The first-order valence-electron chi connectivity index (χ1n) is 13.7. The van der Waals surface area contributed by atoms with Gasteiger partial charge in [-0.25, -0.2) is 0 Å². The van der Waals surface area contributed by atoms with Crippen molar-refractivity contribution in [2.45, 2.75) is 127 Å². The van der Waals surface area contributed by atoms with Crippen LogP contribution in [-0.4, -0.2) is 56.4 Å². The number of fused-ring (bicyclic) bond motifs is 12. The lowest BCUT2D eigenvalue weighted by atomic mass is 9.45. The molecule has 0 aromatic carbocycles. The summed E-state index contributed by atoms with van der Waals surface area (Å²) in [5.41, 5.74) is -2.54. The van der Waals surface area contributed by atoms with Gasteiger partial charge in [-0.05, 0) is 66.2 Å². The number of hydrogen-bond acceptors (Lipinski definition) is 6. The van der Waals surface area contributed by atoms with Crippen molar-refractivity contribution >= 4 is 11.6 Å². The van der Waals surface area contributed by atoms with Crippen molar-refractivity contribution in [2.75, 3.05) is 0 Å². The van der Waals surface area contributed by atoms with Gasteiger partial charge in [0.1, 0.15) is 11.6 Å². The van der Waals surface area contributed by atoms with Crippen LogP contribution >= 0.6 is 0 Å². The maximum atomic E-state index is 12.1. The van der Waals surface area contributed by atoms with Crippen molar-refractivity contribution in [3.05, 3.63) is 0 Å². The standard InChI is InChI=1S/2C14H20O3/c2*1-12(16)11-8-4-5-9(15)10(8)13(2,17-11)14(12)6-3-7-14/h2*8,10-11,16H,3-7H2,1-2H3/t2*8-,10-,11-,12+,13+/m00/s1. The minimum Gasteiger partial charge on any atom is -0.387 e. The summed E-state index contributed by atoms with van der Waals surface area (Å²) in [6, 6.07) is 0. The largest absolute Gasteiger partial charge is 0.387 e. The number of carbonyl (C=O) groups is 2. The van der Waals surface area contributed by atoms with Gasteiger partial charge in [0, 0.05) is 35.5 Å². The number of rotatable bonds is 0. The number of aliphatic hydroxyl groups is 2. The van der Waals surface area contributed by atoms with Crippen LogP contribution in [0.5, 0.6) is 0 Å². The number of Topliss-reactive ketones (excluding diaryl/α,β-unsaturated/α-hetero) is 2. The van der Waals surface area contributed by atoms with Crippen molar-refractivity contribution < 1.29 is 29.3 Å². The Kier molecular flexibility index (Phi) is 4.07. The molecule has 0 aromatic rings. The molecule has 0 aromatic heterocycles. The highest BCUT2D eigenvalue weighted by Gasteiger charge is 2.82. The van der Waals surface area contributed by atoms with Gasteiger partial charge in [0.2, 0.25) is 0 Å². The molecule has 0 radical (unpaired) electrons. The summed E-state index contributed by atoms with van der Waals surface area (Å²) in [7, 11) is 0. The van der Waals surface area contributed by atoms with Crippen LogP contribution in [0.15, 0.2) is 0 Å². The summed E-state index contributed by atoms with van der Waals surface area (Å²) in [5, 5.41) is 21.8. The first-order chi connectivity index (χ1) is 15.9. The van der Waals surface area contributed by atoms with Crippen LogP contribution in [0.3, 0.4) is 0 Å². The number of hydrogen-bond donors (Lipinski definition) is 2. The van der Waals surface area contributed by atoms with E-state index in [4.69, 9.17) is 9.47 Å². The normalized spacial score (nSPS) is 58.5. The number of ether oxygens (including phenoxy) is 2. The SMILES string of the molecule is C[C@@]1(O)[C@H]2O[C@](C)([C@@H]3C(=O)CC[C@@H]32)C12CCC2.C[C@@]1(O)[C@H]2O[C@](C)([C@@H]3C(=O)CC[C@@H]32)C12CCC2. The number of ketones is 2. The van der Waals surface area contributed by atoms with E-state index in [1.165, 1.54) is 0 Å². The van der Waals surface area contributed by atoms with E-state index in [-0.39, 0.29) is 46.7 Å². The minimum absolute atomic E-state index is 0.0630. The molecule has 2 N–H and O–H groups in total. The van der Waals surface area contributed by atoms with Crippen LogP contribution < -0.4 is 0 Å². The zero-order valence-corrected chi connectivity index (χ0v) is 21.1. The fourth-order valence-electron chi connectivity index (χ4n) is 11.2. The first kappa shape index (κ1) is 22.4. The molecule has 4 saturated heterocycles. The molecule has 4 aliphatic carbocycles. The van der Waals surface area contributed by atoms with Crippen molar-refractivity contribution in [1.82, 2.24) is 0 Å². The second kappa shape index (κ2) is 6.17. The number of carbonyl (C=O) groups excluding carboxylic acids is 2. The summed E-state index contributed by atoms with van der Waals surface area (Å²) >= 11 is 0. The fraction of sp³-hybridized carbons (Fsp3) is 0.929. The van der Waals surface area contributed by atoms with Crippen LogP contribution in [0.25, 0.3) is 0 Å². The van der Waals surface area contributed by atoms with E-state index >= 15 is 0 Å². The third-order valence-corrected chi connectivity index (χ3v) is 13.1. The molecule has 0 unspecified atom stereocenters. The average Bonchev–Trinajstić information content (AvgIpc) is 3.42. The molecule has 4 heterocycles. The summed E-state index contributed by atoms with van der Waals surface area (Å²) in [5.74, 6) is 1.42. The second-order valence-electron chi connectivity index (χ2n) is 13.8. The van der Waals surface area contributed by atoms with Crippen molar-refractivity contribution in [1.29, 1.82) is 0 Å². The Balaban J connectivity index is 0.000000118. The van der Waals surface area contributed by atoms with Gasteiger partial charge in [-0.1, -0.05) is 12.8 Å². The molecule has 0 amide bonds. The van der Waals surface area contributed by atoms with Crippen LogP contribution in [0.2, 0.25) is 0 Å². The van der Waals surface area contributed by atoms with Crippen molar-refractivity contribution in [3.63, 3.8) is 0 Å². The molecule has 10 atom stereocenters.